The first kappa shape index (κ1) is 13.1. The Labute approximate surface area is 125 Å². The van der Waals surface area contributed by atoms with Crippen molar-refractivity contribution in [2.24, 2.45) is 0 Å². The summed E-state index contributed by atoms with van der Waals surface area (Å²) in [4.78, 5) is 17.2. The van der Waals surface area contributed by atoms with Gasteiger partial charge in [-0.05, 0) is 30.5 Å². The van der Waals surface area contributed by atoms with E-state index in [0.29, 0.717) is 22.9 Å². The number of thiazole rings is 1. The van der Waals surface area contributed by atoms with E-state index in [-0.39, 0.29) is 5.78 Å². The van der Waals surface area contributed by atoms with Crippen molar-refractivity contribution in [2.45, 2.75) is 25.7 Å². The molecule has 2 nitrogen and oxygen atoms in total. The van der Waals surface area contributed by atoms with Crippen molar-refractivity contribution in [3.63, 3.8) is 0 Å². The molecule has 0 unspecified atom stereocenters. The molecule has 0 atom stereocenters. The van der Waals surface area contributed by atoms with E-state index in [9.17, 15) is 4.79 Å². The minimum absolute atomic E-state index is 0.218. The van der Waals surface area contributed by atoms with Gasteiger partial charge >= 0.3 is 0 Å². The summed E-state index contributed by atoms with van der Waals surface area (Å²) in [7, 11) is 0. The summed E-state index contributed by atoms with van der Waals surface area (Å²) in [5.74, 6) is 0.218. The largest absolute Gasteiger partial charge is 0.293 e. The lowest BCUT2D eigenvalue weighted by atomic mass is 10.0. The number of halogens is 2. The predicted molar refractivity (Wildman–Crippen MR) is 78.7 cm³/mol. The highest BCUT2D eigenvalue weighted by atomic mass is 35.5. The highest BCUT2D eigenvalue weighted by Crippen LogP contribution is 2.31. The molecule has 1 aromatic heterocycles. The third-order valence-electron chi connectivity index (χ3n) is 3.20. The van der Waals surface area contributed by atoms with E-state index < -0.39 is 0 Å². The second-order valence-corrected chi connectivity index (χ2v) is 6.44. The molecule has 1 aliphatic carbocycles. The topological polar surface area (TPSA) is 30.0 Å². The lowest BCUT2D eigenvalue weighted by Crippen LogP contribution is -2.07. The molecule has 2 aromatic rings. The summed E-state index contributed by atoms with van der Waals surface area (Å²) in [6, 6.07) is 5.47. The van der Waals surface area contributed by atoms with Crippen molar-refractivity contribution < 1.29 is 4.79 Å². The number of nitrogens with zero attached hydrogens (tertiary/aromatic N) is 1. The number of carbonyl (C=O) groups excluding carboxylic acids is 1. The molecule has 98 valence electrons. The molecule has 0 fully saturated rings. The quantitative estimate of drug-likeness (QED) is 0.813. The molecule has 0 spiro atoms. The van der Waals surface area contributed by atoms with E-state index in [2.05, 4.69) is 4.98 Å². The summed E-state index contributed by atoms with van der Waals surface area (Å²) in [6.45, 7) is 0. The molecule has 19 heavy (non-hydrogen) atoms. The molecule has 1 aromatic carbocycles. The van der Waals surface area contributed by atoms with Gasteiger partial charge in [0.25, 0.3) is 0 Å². The summed E-state index contributed by atoms with van der Waals surface area (Å²) in [5.41, 5.74) is 1.82. The molecule has 0 saturated heterocycles. The minimum atomic E-state index is 0.218. The van der Waals surface area contributed by atoms with Gasteiger partial charge in [0.05, 0.1) is 15.6 Å². The molecular formula is C14H11Cl2NOS. The number of Topliss-reactive ketones (excluding diaryl/α,β-unsaturated/α-hetero) is 1. The van der Waals surface area contributed by atoms with Crippen molar-refractivity contribution in [2.75, 3.05) is 0 Å². The van der Waals surface area contributed by atoms with E-state index in [1.165, 1.54) is 11.3 Å². The Morgan fingerprint density at radius 3 is 2.63 bits per heavy atom. The zero-order valence-corrected chi connectivity index (χ0v) is 12.4. The number of aryl methyl sites for hydroxylation is 1. The average molecular weight is 312 g/mol. The first-order valence-electron chi connectivity index (χ1n) is 6.10. The molecular weight excluding hydrogens is 301 g/mol. The van der Waals surface area contributed by atoms with Crippen molar-refractivity contribution >= 4 is 40.3 Å². The maximum absolute atomic E-state index is 11.8. The Kier molecular flexibility index (Phi) is 3.61. The van der Waals surface area contributed by atoms with Crippen molar-refractivity contribution in [1.82, 2.24) is 4.98 Å². The standard InChI is InChI=1S/C14H11Cl2NOS/c15-9-3-1-4-10(16)8(9)7-13-17-11-5-2-6-12(18)14(11)19-13/h1,3-4H,2,5-7H2. The van der Waals surface area contributed by atoms with E-state index in [0.717, 1.165) is 34.0 Å². The highest BCUT2D eigenvalue weighted by Gasteiger charge is 2.22. The summed E-state index contributed by atoms with van der Waals surface area (Å²) in [5, 5.41) is 2.20. The molecule has 1 aliphatic rings. The number of fused-ring (bicyclic) bond motifs is 1. The van der Waals surface area contributed by atoms with Gasteiger partial charge in [0.1, 0.15) is 0 Å². The second kappa shape index (κ2) is 5.23. The zero-order valence-electron chi connectivity index (χ0n) is 10.1. The average Bonchev–Trinajstić information content (AvgIpc) is 2.78. The summed E-state index contributed by atoms with van der Waals surface area (Å²) >= 11 is 13.8. The number of hydrogen-bond acceptors (Lipinski definition) is 3. The van der Waals surface area contributed by atoms with Gasteiger partial charge in [-0.15, -0.1) is 11.3 Å². The molecule has 3 rings (SSSR count). The van der Waals surface area contributed by atoms with Crippen LogP contribution < -0.4 is 0 Å². The summed E-state index contributed by atoms with van der Waals surface area (Å²) < 4.78 is 0. The van der Waals surface area contributed by atoms with Gasteiger partial charge < -0.3 is 0 Å². The lowest BCUT2D eigenvalue weighted by molar-refractivity contribution is 0.0976. The normalized spacial score (nSPS) is 14.5. The van der Waals surface area contributed by atoms with Gasteiger partial charge in [-0.1, -0.05) is 29.3 Å². The molecule has 0 saturated carbocycles. The Morgan fingerprint density at radius 1 is 1.21 bits per heavy atom. The van der Waals surface area contributed by atoms with Crippen LogP contribution in [0.1, 0.15) is 38.8 Å². The number of rotatable bonds is 2. The lowest BCUT2D eigenvalue weighted by Gasteiger charge is -2.06. The smallest absolute Gasteiger partial charge is 0.174 e. The van der Waals surface area contributed by atoms with E-state index in [1.807, 2.05) is 18.2 Å². The van der Waals surface area contributed by atoms with Crippen molar-refractivity contribution in [1.29, 1.82) is 0 Å². The van der Waals surface area contributed by atoms with Gasteiger partial charge in [-0.25, -0.2) is 4.98 Å². The number of aromatic nitrogens is 1. The van der Waals surface area contributed by atoms with Gasteiger partial charge in [0, 0.05) is 22.9 Å². The van der Waals surface area contributed by atoms with E-state index in [4.69, 9.17) is 23.2 Å². The van der Waals surface area contributed by atoms with Gasteiger partial charge in [0.2, 0.25) is 0 Å². The first-order valence-corrected chi connectivity index (χ1v) is 7.67. The van der Waals surface area contributed by atoms with Crippen LogP contribution in [0, 0.1) is 0 Å². The van der Waals surface area contributed by atoms with Crippen LogP contribution >= 0.6 is 34.5 Å². The third kappa shape index (κ3) is 2.55. The molecule has 0 amide bonds. The predicted octanol–water partition coefficient (Wildman–Crippen LogP) is 4.56. The maximum Gasteiger partial charge on any atom is 0.174 e. The van der Waals surface area contributed by atoms with E-state index >= 15 is 0 Å². The maximum atomic E-state index is 11.8. The van der Waals surface area contributed by atoms with Crippen LogP contribution in [0.2, 0.25) is 10.0 Å². The number of carbonyl (C=O) groups is 1. The van der Waals surface area contributed by atoms with Crippen molar-refractivity contribution in [3.05, 3.63) is 49.4 Å². The van der Waals surface area contributed by atoms with Crippen LogP contribution in [0.3, 0.4) is 0 Å². The SMILES string of the molecule is O=C1CCCc2nc(Cc3c(Cl)cccc3Cl)sc21. The van der Waals surface area contributed by atoms with Gasteiger partial charge in [0.15, 0.2) is 5.78 Å². The summed E-state index contributed by atoms with van der Waals surface area (Å²) in [6.07, 6.45) is 3.03. The first-order chi connectivity index (χ1) is 9.15. The molecule has 5 heteroatoms. The Balaban J connectivity index is 1.94. The fraction of sp³-hybridized carbons (Fsp3) is 0.286. The van der Waals surface area contributed by atoms with Gasteiger partial charge in [-0.3, -0.25) is 4.79 Å². The van der Waals surface area contributed by atoms with Crippen LogP contribution in [0.15, 0.2) is 18.2 Å². The van der Waals surface area contributed by atoms with Crippen LogP contribution in [0.4, 0.5) is 0 Å². The molecule has 0 radical (unpaired) electrons. The van der Waals surface area contributed by atoms with Crippen molar-refractivity contribution in [3.8, 4) is 0 Å². The molecule has 0 N–H and O–H groups in total. The second-order valence-electron chi connectivity index (χ2n) is 4.54. The zero-order chi connectivity index (χ0) is 13.4. The van der Waals surface area contributed by atoms with Crippen LogP contribution in [-0.2, 0) is 12.8 Å². The van der Waals surface area contributed by atoms with E-state index in [1.54, 1.807) is 0 Å². The third-order valence-corrected chi connectivity index (χ3v) is 5.05. The van der Waals surface area contributed by atoms with Crippen LogP contribution in [0.25, 0.3) is 0 Å². The molecule has 1 heterocycles. The Bertz CT molecular complexity index is 631. The number of benzene rings is 1. The monoisotopic (exact) mass is 311 g/mol. The van der Waals surface area contributed by atoms with Crippen LogP contribution in [-0.4, -0.2) is 10.8 Å². The highest BCUT2D eigenvalue weighted by molar-refractivity contribution is 7.13. The Morgan fingerprint density at radius 2 is 1.95 bits per heavy atom. The van der Waals surface area contributed by atoms with Crippen LogP contribution in [0.5, 0.6) is 0 Å². The number of ketones is 1. The molecule has 0 aliphatic heterocycles. The molecule has 0 bridgehead atoms. The fourth-order valence-corrected chi connectivity index (χ4v) is 3.87. The number of hydrogen-bond donors (Lipinski definition) is 0. The Hall–Kier alpha value is -0.900. The fourth-order valence-electron chi connectivity index (χ4n) is 2.25. The minimum Gasteiger partial charge on any atom is -0.293 e. The van der Waals surface area contributed by atoms with Gasteiger partial charge in [-0.2, -0.15) is 0 Å².